The van der Waals surface area contributed by atoms with Gasteiger partial charge in [0.15, 0.2) is 0 Å². The van der Waals surface area contributed by atoms with Gasteiger partial charge in [0.05, 0.1) is 0 Å². The zero-order valence-electron chi connectivity index (χ0n) is 7.70. The molecule has 0 aromatic heterocycles. The van der Waals surface area contributed by atoms with Crippen molar-refractivity contribution in [2.45, 2.75) is 20.3 Å². The van der Waals surface area contributed by atoms with Crippen LogP contribution in [0.3, 0.4) is 0 Å². The number of aliphatic carboxylic acids is 1. The Kier molecular flexibility index (Phi) is 2.70. The van der Waals surface area contributed by atoms with Crippen molar-refractivity contribution >= 4 is 11.9 Å². The topological polar surface area (TPSA) is 66.4 Å². The van der Waals surface area contributed by atoms with Crippen LogP contribution in [0.15, 0.2) is 11.8 Å². The molecular weight excluding hydrogens is 170 g/mol. The molecule has 1 rings (SSSR count). The summed E-state index contributed by atoms with van der Waals surface area (Å²) in [7, 11) is 0. The van der Waals surface area contributed by atoms with E-state index in [0.29, 0.717) is 5.92 Å². The van der Waals surface area contributed by atoms with Crippen molar-refractivity contribution in [1.82, 2.24) is 5.32 Å². The summed E-state index contributed by atoms with van der Waals surface area (Å²) in [6.07, 6.45) is 2.25. The van der Waals surface area contributed by atoms with Crippen molar-refractivity contribution in [3.63, 3.8) is 0 Å². The highest BCUT2D eigenvalue weighted by atomic mass is 16.4. The van der Waals surface area contributed by atoms with Gasteiger partial charge in [0.25, 0.3) is 0 Å². The Hall–Kier alpha value is -1.32. The van der Waals surface area contributed by atoms with E-state index in [1.165, 1.54) is 6.08 Å². The summed E-state index contributed by atoms with van der Waals surface area (Å²) >= 11 is 0. The number of carboxylic acid groups (broad SMARTS) is 1. The van der Waals surface area contributed by atoms with Crippen LogP contribution < -0.4 is 5.32 Å². The first-order valence-electron chi connectivity index (χ1n) is 4.26. The van der Waals surface area contributed by atoms with E-state index in [-0.39, 0.29) is 17.5 Å². The number of carboxylic acids is 1. The predicted octanol–water partition coefficient (Wildman–Crippen LogP) is 0.747. The van der Waals surface area contributed by atoms with Crippen LogP contribution in [0, 0.1) is 11.8 Å². The molecule has 0 saturated heterocycles. The van der Waals surface area contributed by atoms with E-state index in [1.807, 2.05) is 6.92 Å². The van der Waals surface area contributed by atoms with Gasteiger partial charge in [0.1, 0.15) is 5.70 Å². The van der Waals surface area contributed by atoms with E-state index in [1.54, 1.807) is 6.92 Å². The molecule has 1 saturated carbocycles. The van der Waals surface area contributed by atoms with Gasteiger partial charge in [0, 0.05) is 5.92 Å². The molecule has 1 fully saturated rings. The molecule has 2 atom stereocenters. The smallest absolute Gasteiger partial charge is 0.352 e. The molecule has 0 unspecified atom stereocenters. The quantitative estimate of drug-likeness (QED) is 0.634. The highest BCUT2D eigenvalue weighted by Crippen LogP contribution is 2.37. The number of hydrogen-bond donors (Lipinski definition) is 2. The predicted molar refractivity (Wildman–Crippen MR) is 46.8 cm³/mol. The number of hydrogen-bond acceptors (Lipinski definition) is 2. The highest BCUT2D eigenvalue weighted by molar-refractivity contribution is 5.94. The van der Waals surface area contributed by atoms with Crippen molar-refractivity contribution in [2.75, 3.05) is 0 Å². The second-order valence-electron chi connectivity index (χ2n) is 3.32. The molecule has 0 aliphatic heterocycles. The van der Waals surface area contributed by atoms with E-state index >= 15 is 0 Å². The summed E-state index contributed by atoms with van der Waals surface area (Å²) in [6.45, 7) is 3.56. The monoisotopic (exact) mass is 183 g/mol. The van der Waals surface area contributed by atoms with Crippen LogP contribution in [0.25, 0.3) is 0 Å². The Morgan fingerprint density at radius 2 is 2.08 bits per heavy atom. The van der Waals surface area contributed by atoms with E-state index in [0.717, 1.165) is 6.42 Å². The molecule has 1 amide bonds. The molecule has 1 aliphatic rings. The van der Waals surface area contributed by atoms with E-state index in [4.69, 9.17) is 5.11 Å². The molecule has 0 aromatic rings. The molecule has 0 heterocycles. The van der Waals surface area contributed by atoms with Crippen LogP contribution in [0.5, 0.6) is 0 Å². The minimum absolute atomic E-state index is 0.00861. The summed E-state index contributed by atoms with van der Waals surface area (Å²) in [5.41, 5.74) is -0.0379. The van der Waals surface area contributed by atoms with Crippen LogP contribution >= 0.6 is 0 Å². The molecule has 0 bridgehead atoms. The second kappa shape index (κ2) is 3.60. The third-order valence-corrected chi connectivity index (χ3v) is 2.22. The Morgan fingerprint density at radius 1 is 1.54 bits per heavy atom. The van der Waals surface area contributed by atoms with E-state index in [2.05, 4.69) is 5.32 Å². The summed E-state index contributed by atoms with van der Waals surface area (Å²) in [6, 6.07) is 0. The highest BCUT2D eigenvalue weighted by Gasteiger charge is 2.39. The van der Waals surface area contributed by atoms with Gasteiger partial charge in [-0.2, -0.15) is 0 Å². The van der Waals surface area contributed by atoms with Crippen molar-refractivity contribution < 1.29 is 14.7 Å². The minimum atomic E-state index is -1.09. The first-order chi connectivity index (χ1) is 6.06. The average molecular weight is 183 g/mol. The molecule has 4 heteroatoms. The lowest BCUT2D eigenvalue weighted by atomic mass is 10.3. The maximum atomic E-state index is 11.3. The van der Waals surface area contributed by atoms with Gasteiger partial charge < -0.3 is 10.4 Å². The third kappa shape index (κ3) is 2.31. The molecule has 72 valence electrons. The SMILES string of the molecule is C/C=C(\NC(=O)[C@@H]1C[C@H]1C)C(=O)O. The number of amides is 1. The summed E-state index contributed by atoms with van der Waals surface area (Å²) < 4.78 is 0. The van der Waals surface area contributed by atoms with Gasteiger partial charge in [-0.15, -0.1) is 0 Å². The van der Waals surface area contributed by atoms with Gasteiger partial charge in [-0.05, 0) is 19.3 Å². The lowest BCUT2D eigenvalue weighted by Crippen LogP contribution is -2.28. The largest absolute Gasteiger partial charge is 0.477 e. The molecule has 0 aromatic carbocycles. The Balaban J connectivity index is 2.48. The molecule has 13 heavy (non-hydrogen) atoms. The Bertz CT molecular complexity index is 270. The van der Waals surface area contributed by atoms with Crippen LogP contribution in [0.1, 0.15) is 20.3 Å². The molecular formula is C9H13NO3. The van der Waals surface area contributed by atoms with Gasteiger partial charge in [-0.3, -0.25) is 4.79 Å². The second-order valence-corrected chi connectivity index (χ2v) is 3.32. The average Bonchev–Trinajstić information content (AvgIpc) is 2.77. The molecule has 1 aliphatic carbocycles. The Morgan fingerprint density at radius 3 is 2.38 bits per heavy atom. The fourth-order valence-corrected chi connectivity index (χ4v) is 1.16. The number of carbonyl (C=O) groups is 2. The third-order valence-electron chi connectivity index (χ3n) is 2.22. The molecule has 2 N–H and O–H groups in total. The van der Waals surface area contributed by atoms with E-state index in [9.17, 15) is 9.59 Å². The zero-order valence-corrected chi connectivity index (χ0v) is 7.70. The molecule has 0 spiro atoms. The standard InChI is InChI=1S/C9H13NO3/c1-3-7(9(12)13)10-8(11)6-4-5(6)2/h3,5-6H,4H2,1-2H3,(H,10,11)(H,12,13)/b7-3-/t5-,6-/m1/s1. The number of carbonyl (C=O) groups excluding carboxylic acids is 1. The van der Waals surface area contributed by atoms with Gasteiger partial charge >= 0.3 is 5.97 Å². The lowest BCUT2D eigenvalue weighted by molar-refractivity contribution is -0.134. The van der Waals surface area contributed by atoms with Gasteiger partial charge in [0.2, 0.25) is 5.91 Å². The molecule has 4 nitrogen and oxygen atoms in total. The maximum Gasteiger partial charge on any atom is 0.352 e. The van der Waals surface area contributed by atoms with Crippen LogP contribution in [0.4, 0.5) is 0 Å². The van der Waals surface area contributed by atoms with Crippen molar-refractivity contribution in [2.24, 2.45) is 11.8 Å². The number of nitrogens with one attached hydrogen (secondary N) is 1. The zero-order chi connectivity index (χ0) is 10.0. The van der Waals surface area contributed by atoms with Crippen LogP contribution in [-0.4, -0.2) is 17.0 Å². The van der Waals surface area contributed by atoms with Gasteiger partial charge in [-0.25, -0.2) is 4.79 Å². The number of rotatable bonds is 3. The maximum absolute atomic E-state index is 11.3. The first kappa shape index (κ1) is 9.77. The normalized spacial score (nSPS) is 26.8. The number of allylic oxidation sites excluding steroid dienone is 1. The van der Waals surface area contributed by atoms with Crippen LogP contribution in [-0.2, 0) is 9.59 Å². The fourth-order valence-electron chi connectivity index (χ4n) is 1.16. The first-order valence-corrected chi connectivity index (χ1v) is 4.26. The van der Waals surface area contributed by atoms with Gasteiger partial charge in [-0.1, -0.05) is 13.0 Å². The summed E-state index contributed by atoms with van der Waals surface area (Å²) in [5, 5.41) is 11.0. The Labute approximate surface area is 76.6 Å². The summed E-state index contributed by atoms with van der Waals surface area (Å²) in [4.78, 5) is 21.8. The fraction of sp³-hybridized carbons (Fsp3) is 0.556. The summed E-state index contributed by atoms with van der Waals surface area (Å²) in [5.74, 6) is -0.867. The lowest BCUT2D eigenvalue weighted by Gasteiger charge is -2.03. The molecule has 0 radical (unpaired) electrons. The van der Waals surface area contributed by atoms with Crippen molar-refractivity contribution in [3.8, 4) is 0 Å². The van der Waals surface area contributed by atoms with Crippen molar-refractivity contribution in [1.29, 1.82) is 0 Å². The van der Waals surface area contributed by atoms with Crippen LogP contribution in [0.2, 0.25) is 0 Å². The van der Waals surface area contributed by atoms with E-state index < -0.39 is 5.97 Å². The minimum Gasteiger partial charge on any atom is -0.477 e. The van der Waals surface area contributed by atoms with Crippen molar-refractivity contribution in [3.05, 3.63) is 11.8 Å².